The maximum absolute atomic E-state index is 14.3. The van der Waals surface area contributed by atoms with Crippen molar-refractivity contribution in [2.45, 2.75) is 26.8 Å². The number of rotatable bonds is 7. The average molecular weight is 657 g/mol. The number of carbonyl (C=O) groups excluding carboxylic acids is 1. The van der Waals surface area contributed by atoms with Gasteiger partial charge in [-0.1, -0.05) is 69.7 Å². The predicted octanol–water partition coefficient (Wildman–Crippen LogP) is 6.29. The molecule has 0 N–H and O–H groups in total. The number of allylic oxidation sites excluding steroid dienone is 1. The lowest BCUT2D eigenvalue weighted by Crippen LogP contribution is -2.43. The summed E-state index contributed by atoms with van der Waals surface area (Å²) in [5.74, 6) is 1.71. The first-order chi connectivity index (χ1) is 20.8. The molecule has 0 aliphatic carbocycles. The Morgan fingerprint density at radius 1 is 1.07 bits per heavy atom. The number of hydrogen-bond acceptors (Lipinski definition) is 6. The lowest BCUT2D eigenvalue weighted by atomic mass is 9.90. The topological polar surface area (TPSA) is 77.0 Å². The molecule has 3 heterocycles. The van der Waals surface area contributed by atoms with Gasteiger partial charge < -0.3 is 14.1 Å². The van der Waals surface area contributed by atoms with E-state index in [1.807, 2.05) is 93.6 Å². The number of benzene rings is 3. The van der Waals surface area contributed by atoms with E-state index >= 15 is 0 Å². The van der Waals surface area contributed by atoms with E-state index in [2.05, 4.69) is 15.9 Å². The van der Waals surface area contributed by atoms with Crippen LogP contribution in [0.5, 0.6) is 5.75 Å². The minimum absolute atomic E-state index is 0.148. The molecule has 2 aromatic heterocycles. The average Bonchev–Trinajstić information content (AvgIpc) is 3.60. The summed E-state index contributed by atoms with van der Waals surface area (Å²) in [4.78, 5) is 35.5. The molecule has 1 amide bonds. The quantitative estimate of drug-likeness (QED) is 0.207. The van der Waals surface area contributed by atoms with Crippen LogP contribution in [0.1, 0.15) is 38.1 Å². The van der Waals surface area contributed by atoms with E-state index in [1.165, 1.54) is 11.3 Å². The van der Waals surface area contributed by atoms with E-state index in [4.69, 9.17) is 14.1 Å². The maximum atomic E-state index is 14.3. The van der Waals surface area contributed by atoms with E-state index in [-0.39, 0.29) is 11.5 Å². The van der Waals surface area contributed by atoms with Crippen molar-refractivity contribution in [2.24, 2.45) is 4.99 Å². The van der Waals surface area contributed by atoms with Crippen LogP contribution in [-0.4, -0.2) is 35.6 Å². The summed E-state index contributed by atoms with van der Waals surface area (Å²) in [7, 11) is 1.61. The van der Waals surface area contributed by atoms with Crippen molar-refractivity contribution < 1.29 is 13.9 Å². The number of likely N-dealkylation sites (N-methyl/N-ethyl adjacent to an activating group) is 1. The molecule has 3 aromatic carbocycles. The van der Waals surface area contributed by atoms with Crippen molar-refractivity contribution in [3.05, 3.63) is 120 Å². The summed E-state index contributed by atoms with van der Waals surface area (Å²) in [5.41, 5.74) is 2.49. The third kappa shape index (κ3) is 5.17. The second kappa shape index (κ2) is 11.8. The normalized spacial score (nSPS) is 15.0. The number of aromatic nitrogens is 1. The number of hydrogen-bond donors (Lipinski definition) is 0. The molecule has 1 aliphatic rings. The minimum Gasteiger partial charge on any atom is -0.496 e. The highest BCUT2D eigenvalue weighted by Crippen LogP contribution is 2.40. The van der Waals surface area contributed by atoms with E-state index in [0.717, 1.165) is 26.4 Å². The number of fused-ring (bicyclic) bond motifs is 2. The number of amides is 1. The number of furan rings is 1. The van der Waals surface area contributed by atoms with Crippen LogP contribution in [-0.2, 0) is 4.79 Å². The van der Waals surface area contributed by atoms with E-state index < -0.39 is 6.04 Å². The Hall–Kier alpha value is -4.21. The smallest absolute Gasteiger partial charge is 0.271 e. The first-order valence-electron chi connectivity index (χ1n) is 14.1. The highest BCUT2D eigenvalue weighted by atomic mass is 79.9. The Bertz CT molecular complexity index is 2070. The molecule has 0 fully saturated rings. The van der Waals surface area contributed by atoms with Gasteiger partial charge in [0, 0.05) is 34.8 Å². The molecule has 0 bridgehead atoms. The highest BCUT2D eigenvalue weighted by Gasteiger charge is 2.36. The first kappa shape index (κ1) is 28.9. The maximum Gasteiger partial charge on any atom is 0.271 e. The Balaban J connectivity index is 1.58. The summed E-state index contributed by atoms with van der Waals surface area (Å²) in [6.07, 6.45) is 1.74. The van der Waals surface area contributed by atoms with Crippen LogP contribution in [0.25, 0.3) is 28.2 Å². The summed E-state index contributed by atoms with van der Waals surface area (Å²) >= 11 is 4.74. The zero-order valence-corrected chi connectivity index (χ0v) is 26.7. The Kier molecular flexibility index (Phi) is 7.94. The van der Waals surface area contributed by atoms with Crippen molar-refractivity contribution in [1.82, 2.24) is 9.47 Å². The molecular formula is C34H30BrN3O4S. The molecule has 0 radical (unpaired) electrons. The van der Waals surface area contributed by atoms with Crippen molar-refractivity contribution in [3.8, 4) is 17.1 Å². The number of nitrogens with zero attached hydrogens (tertiary/aromatic N) is 3. The number of thiazole rings is 1. The molecule has 0 spiro atoms. The fourth-order valence-electron chi connectivity index (χ4n) is 5.61. The van der Waals surface area contributed by atoms with Gasteiger partial charge in [-0.05, 0) is 61.9 Å². The molecule has 5 aromatic rings. The summed E-state index contributed by atoms with van der Waals surface area (Å²) in [6, 6.07) is 22.7. The van der Waals surface area contributed by atoms with Crippen molar-refractivity contribution in [1.29, 1.82) is 0 Å². The molecule has 6 rings (SSSR count). The summed E-state index contributed by atoms with van der Waals surface area (Å²) < 4.78 is 15.1. The lowest BCUT2D eigenvalue weighted by molar-refractivity contribution is -0.127. The molecule has 0 unspecified atom stereocenters. The first-order valence-corrected chi connectivity index (χ1v) is 15.7. The van der Waals surface area contributed by atoms with Gasteiger partial charge in [-0.15, -0.1) is 0 Å². The van der Waals surface area contributed by atoms with Gasteiger partial charge in [-0.25, -0.2) is 4.99 Å². The predicted molar refractivity (Wildman–Crippen MR) is 174 cm³/mol. The van der Waals surface area contributed by atoms with Crippen LogP contribution in [0.4, 0.5) is 0 Å². The molecule has 1 atom stereocenters. The minimum atomic E-state index is -0.734. The third-order valence-corrected chi connectivity index (χ3v) is 9.27. The SMILES string of the molecule is CCN(CC)C(=O)C1=C(C)N=c2s/c(=C/c3ccc(-c4ccc(Br)cc4)o3)c(=O)n2[C@H]1c1c(OC)ccc2ccccc12. The van der Waals surface area contributed by atoms with Gasteiger partial charge >= 0.3 is 0 Å². The Labute approximate surface area is 261 Å². The van der Waals surface area contributed by atoms with E-state index in [1.54, 1.807) is 22.7 Å². The Morgan fingerprint density at radius 2 is 1.81 bits per heavy atom. The Morgan fingerprint density at radius 3 is 2.53 bits per heavy atom. The molecule has 0 saturated heterocycles. The van der Waals surface area contributed by atoms with Crippen LogP contribution in [0.2, 0.25) is 0 Å². The summed E-state index contributed by atoms with van der Waals surface area (Å²) in [5, 5.41) is 1.90. The highest BCUT2D eigenvalue weighted by molar-refractivity contribution is 9.10. The van der Waals surface area contributed by atoms with Gasteiger partial charge in [0.2, 0.25) is 0 Å². The van der Waals surface area contributed by atoms with Gasteiger partial charge in [0.05, 0.1) is 22.9 Å². The van der Waals surface area contributed by atoms with Crippen molar-refractivity contribution >= 4 is 50.0 Å². The second-order valence-electron chi connectivity index (χ2n) is 10.2. The van der Waals surface area contributed by atoms with Gasteiger partial charge in [0.15, 0.2) is 4.80 Å². The molecule has 7 nitrogen and oxygen atoms in total. The van der Waals surface area contributed by atoms with Crippen LogP contribution < -0.4 is 19.6 Å². The molecule has 0 saturated carbocycles. The van der Waals surface area contributed by atoms with Crippen LogP contribution in [0.3, 0.4) is 0 Å². The number of carbonyl (C=O) groups is 1. The van der Waals surface area contributed by atoms with Crippen molar-refractivity contribution in [3.63, 3.8) is 0 Å². The van der Waals surface area contributed by atoms with Gasteiger partial charge in [-0.3, -0.25) is 14.2 Å². The van der Waals surface area contributed by atoms with Gasteiger partial charge in [0.1, 0.15) is 23.3 Å². The van der Waals surface area contributed by atoms with Gasteiger partial charge in [-0.2, -0.15) is 0 Å². The molecule has 43 heavy (non-hydrogen) atoms. The molecule has 218 valence electrons. The fourth-order valence-corrected chi connectivity index (χ4v) is 6.90. The lowest BCUT2D eigenvalue weighted by Gasteiger charge is -2.30. The van der Waals surface area contributed by atoms with Gasteiger partial charge in [0.25, 0.3) is 11.5 Å². The largest absolute Gasteiger partial charge is 0.496 e. The number of halogens is 1. The van der Waals surface area contributed by atoms with E-state index in [0.29, 0.717) is 51.0 Å². The monoisotopic (exact) mass is 655 g/mol. The summed E-state index contributed by atoms with van der Waals surface area (Å²) in [6.45, 7) is 6.82. The van der Waals surface area contributed by atoms with Crippen LogP contribution >= 0.6 is 27.3 Å². The molecule has 9 heteroatoms. The van der Waals surface area contributed by atoms with Crippen molar-refractivity contribution in [2.75, 3.05) is 20.2 Å². The molecular weight excluding hydrogens is 626 g/mol. The fraction of sp³-hybridized carbons (Fsp3) is 0.206. The van der Waals surface area contributed by atoms with E-state index in [9.17, 15) is 9.59 Å². The molecule has 1 aliphatic heterocycles. The standard InChI is InChI=1S/C34H30BrN3O4S/c1-5-37(6-2)33(40)29-20(3)36-34-38(31(29)30-25-10-8-7-9-21(25)13-17-27(30)41-4)32(39)28(43-34)19-24-16-18-26(42-24)22-11-14-23(35)15-12-22/h7-19,31H,5-6H2,1-4H3/b28-19+/t31-/m1/s1. The number of ether oxygens (including phenoxy) is 1. The third-order valence-electron chi connectivity index (χ3n) is 7.76. The van der Waals surface area contributed by atoms with Crippen LogP contribution in [0, 0.1) is 0 Å². The zero-order chi connectivity index (χ0) is 30.2. The second-order valence-corrected chi connectivity index (χ2v) is 12.1. The number of methoxy groups -OCH3 is 1. The van der Waals surface area contributed by atoms with Crippen LogP contribution in [0.15, 0.2) is 103 Å². The zero-order valence-electron chi connectivity index (χ0n) is 24.3.